The van der Waals surface area contributed by atoms with E-state index in [1.54, 1.807) is 36.4 Å². The van der Waals surface area contributed by atoms with Gasteiger partial charge in [0.05, 0.1) is 15.6 Å². The maximum atomic E-state index is 14.1. The highest BCUT2D eigenvalue weighted by Crippen LogP contribution is 2.31. The van der Waals surface area contributed by atoms with Crippen molar-refractivity contribution in [2.45, 2.75) is 64.4 Å². The van der Waals surface area contributed by atoms with Crippen LogP contribution in [-0.2, 0) is 26.2 Å². The van der Waals surface area contributed by atoms with E-state index in [4.69, 9.17) is 11.6 Å². The molecule has 40 heavy (non-hydrogen) atoms. The van der Waals surface area contributed by atoms with Crippen LogP contribution in [0.25, 0.3) is 0 Å². The number of para-hydroxylation sites is 1. The highest BCUT2D eigenvalue weighted by atomic mass is 35.5. The molecule has 9 heteroatoms. The van der Waals surface area contributed by atoms with E-state index in [1.165, 1.54) is 17.0 Å². The van der Waals surface area contributed by atoms with E-state index in [-0.39, 0.29) is 28.1 Å². The second-order valence-electron chi connectivity index (χ2n) is 9.79. The van der Waals surface area contributed by atoms with Gasteiger partial charge in [0.2, 0.25) is 11.8 Å². The predicted molar refractivity (Wildman–Crippen MR) is 161 cm³/mol. The molecule has 2 amide bonds. The number of nitrogens with one attached hydrogen (secondary N) is 1. The topological polar surface area (TPSA) is 86.8 Å². The fraction of sp³-hybridized carbons (Fsp3) is 0.355. The molecule has 0 aliphatic heterocycles. The molecule has 0 fully saturated rings. The molecule has 0 spiro atoms. The second kappa shape index (κ2) is 14.3. The summed E-state index contributed by atoms with van der Waals surface area (Å²) in [6.07, 6.45) is 2.11. The minimum Gasteiger partial charge on any atom is -0.354 e. The van der Waals surface area contributed by atoms with Crippen LogP contribution in [0.3, 0.4) is 0 Å². The second-order valence-corrected chi connectivity index (χ2v) is 12.1. The van der Waals surface area contributed by atoms with E-state index in [1.807, 2.05) is 52.0 Å². The first-order chi connectivity index (χ1) is 19.1. The molecule has 0 bridgehead atoms. The van der Waals surface area contributed by atoms with Gasteiger partial charge in [-0.05, 0) is 62.1 Å². The fourth-order valence-corrected chi connectivity index (χ4v) is 6.12. The van der Waals surface area contributed by atoms with Crippen LogP contribution in [-0.4, -0.2) is 44.3 Å². The first-order valence-electron chi connectivity index (χ1n) is 13.6. The van der Waals surface area contributed by atoms with Crippen molar-refractivity contribution in [1.29, 1.82) is 0 Å². The maximum Gasteiger partial charge on any atom is 0.264 e. The first-order valence-corrected chi connectivity index (χ1v) is 15.4. The van der Waals surface area contributed by atoms with Crippen molar-refractivity contribution in [3.63, 3.8) is 0 Å². The smallest absolute Gasteiger partial charge is 0.264 e. The number of hydrogen-bond donors (Lipinski definition) is 1. The van der Waals surface area contributed by atoms with E-state index in [2.05, 4.69) is 5.32 Å². The molecule has 7 nitrogen and oxygen atoms in total. The van der Waals surface area contributed by atoms with Gasteiger partial charge in [-0.2, -0.15) is 0 Å². The SMILES string of the molecule is CCCCNC(=O)C(CC)N(Cc1ccccc1C)C(=O)CN(c1ccccc1Cl)S(=O)(=O)c1ccc(C)cc1. The fourth-order valence-electron chi connectivity index (χ4n) is 4.40. The van der Waals surface area contributed by atoms with E-state index in [0.717, 1.165) is 33.8 Å². The minimum atomic E-state index is -4.17. The average Bonchev–Trinajstić information content (AvgIpc) is 2.93. The summed E-state index contributed by atoms with van der Waals surface area (Å²) >= 11 is 6.47. The number of carbonyl (C=O) groups is 2. The van der Waals surface area contributed by atoms with Crippen molar-refractivity contribution in [1.82, 2.24) is 10.2 Å². The molecule has 1 N–H and O–H groups in total. The zero-order valence-corrected chi connectivity index (χ0v) is 25.1. The molecule has 3 aromatic carbocycles. The van der Waals surface area contributed by atoms with Crippen LogP contribution in [0.2, 0.25) is 5.02 Å². The molecule has 1 unspecified atom stereocenters. The predicted octanol–water partition coefficient (Wildman–Crippen LogP) is 5.88. The number of halogens is 1. The number of amides is 2. The average molecular weight is 584 g/mol. The molecule has 0 aliphatic carbocycles. The zero-order valence-electron chi connectivity index (χ0n) is 23.6. The van der Waals surface area contributed by atoms with Crippen LogP contribution in [0.4, 0.5) is 5.69 Å². The van der Waals surface area contributed by atoms with Gasteiger partial charge >= 0.3 is 0 Å². The third-order valence-electron chi connectivity index (χ3n) is 6.83. The maximum absolute atomic E-state index is 14.1. The number of anilines is 1. The Kier molecular flexibility index (Phi) is 11.2. The number of sulfonamides is 1. The third-order valence-corrected chi connectivity index (χ3v) is 8.92. The lowest BCUT2D eigenvalue weighted by atomic mass is 10.1. The molecule has 1 atom stereocenters. The van der Waals surface area contributed by atoms with E-state index in [0.29, 0.717) is 13.0 Å². The summed E-state index contributed by atoms with van der Waals surface area (Å²) in [7, 11) is -4.17. The quantitative estimate of drug-likeness (QED) is 0.255. The van der Waals surface area contributed by atoms with Crippen molar-refractivity contribution in [3.8, 4) is 0 Å². The summed E-state index contributed by atoms with van der Waals surface area (Å²) < 4.78 is 28.9. The Morgan fingerprint density at radius 2 is 1.57 bits per heavy atom. The van der Waals surface area contributed by atoms with Gasteiger partial charge in [-0.25, -0.2) is 8.42 Å². The van der Waals surface area contributed by atoms with E-state index in [9.17, 15) is 18.0 Å². The summed E-state index contributed by atoms with van der Waals surface area (Å²) in [6.45, 7) is 7.83. The van der Waals surface area contributed by atoms with E-state index >= 15 is 0 Å². The number of benzene rings is 3. The van der Waals surface area contributed by atoms with Crippen molar-refractivity contribution in [2.75, 3.05) is 17.4 Å². The summed E-state index contributed by atoms with van der Waals surface area (Å²) in [5.74, 6) is -0.764. The van der Waals surface area contributed by atoms with Crippen LogP contribution < -0.4 is 9.62 Å². The highest BCUT2D eigenvalue weighted by Gasteiger charge is 2.34. The molecule has 0 radical (unpaired) electrons. The summed E-state index contributed by atoms with van der Waals surface area (Å²) in [6, 6.07) is 19.8. The van der Waals surface area contributed by atoms with Gasteiger partial charge in [-0.3, -0.25) is 13.9 Å². The van der Waals surface area contributed by atoms with Crippen LogP contribution in [0.15, 0.2) is 77.7 Å². The van der Waals surface area contributed by atoms with Crippen molar-refractivity contribution >= 4 is 39.1 Å². The number of carbonyl (C=O) groups excluding carboxylic acids is 2. The molecule has 3 rings (SSSR count). The van der Waals surface area contributed by atoms with E-state index < -0.39 is 28.5 Å². The molecule has 0 aromatic heterocycles. The Hall–Kier alpha value is -3.36. The van der Waals surface area contributed by atoms with Gasteiger partial charge in [0.25, 0.3) is 10.0 Å². The Morgan fingerprint density at radius 1 is 0.925 bits per heavy atom. The number of aryl methyl sites for hydroxylation is 2. The lowest BCUT2D eigenvalue weighted by molar-refractivity contribution is -0.140. The van der Waals surface area contributed by atoms with Gasteiger partial charge in [0.1, 0.15) is 12.6 Å². The Morgan fingerprint density at radius 3 is 2.20 bits per heavy atom. The minimum absolute atomic E-state index is 0.0422. The van der Waals surface area contributed by atoms with Crippen molar-refractivity contribution in [2.24, 2.45) is 0 Å². The molecule has 0 aliphatic rings. The summed E-state index contributed by atoms with van der Waals surface area (Å²) in [5, 5.41) is 3.14. The lowest BCUT2D eigenvalue weighted by Gasteiger charge is -2.33. The monoisotopic (exact) mass is 583 g/mol. The molecule has 214 valence electrons. The molecule has 0 saturated carbocycles. The normalized spacial score (nSPS) is 12.0. The first kappa shape index (κ1) is 31.2. The summed E-state index contributed by atoms with van der Waals surface area (Å²) in [5.41, 5.74) is 2.94. The molecule has 0 saturated heterocycles. The van der Waals surface area contributed by atoms with Crippen LogP contribution in [0.5, 0.6) is 0 Å². The van der Waals surface area contributed by atoms with Crippen molar-refractivity contribution in [3.05, 3.63) is 94.5 Å². The molecule has 3 aromatic rings. The Labute approximate surface area is 243 Å². The number of unbranched alkanes of at least 4 members (excludes halogenated alkanes) is 1. The van der Waals surface area contributed by atoms with Gasteiger partial charge < -0.3 is 10.2 Å². The highest BCUT2D eigenvalue weighted by molar-refractivity contribution is 7.92. The Balaban J connectivity index is 2.06. The number of nitrogens with zero attached hydrogens (tertiary/aromatic N) is 2. The third kappa shape index (κ3) is 7.64. The number of rotatable bonds is 13. The summed E-state index contributed by atoms with van der Waals surface area (Å²) in [4.78, 5) is 28.9. The van der Waals surface area contributed by atoms with Gasteiger partial charge in [0, 0.05) is 13.1 Å². The zero-order chi connectivity index (χ0) is 29.3. The standard InChI is InChI=1S/C31H38ClN3O4S/c1-5-7-20-33-31(37)28(6-2)34(21-25-13-9-8-12-24(25)4)30(36)22-35(29-15-11-10-14-27(29)32)40(38,39)26-18-16-23(3)17-19-26/h8-19,28H,5-7,20-22H2,1-4H3,(H,33,37). The van der Waals surface area contributed by atoms with Gasteiger partial charge in [-0.15, -0.1) is 0 Å². The van der Waals surface area contributed by atoms with Crippen molar-refractivity contribution < 1.29 is 18.0 Å². The molecular weight excluding hydrogens is 546 g/mol. The Bertz CT molecular complexity index is 1410. The van der Waals surface area contributed by atoms with Gasteiger partial charge in [0.15, 0.2) is 0 Å². The number of hydrogen-bond acceptors (Lipinski definition) is 4. The van der Waals surface area contributed by atoms with Gasteiger partial charge in [-0.1, -0.05) is 86.0 Å². The molecule has 0 heterocycles. The largest absolute Gasteiger partial charge is 0.354 e. The lowest BCUT2D eigenvalue weighted by Crippen LogP contribution is -2.52. The van der Waals surface area contributed by atoms with Crippen LogP contribution in [0.1, 0.15) is 49.8 Å². The van der Waals surface area contributed by atoms with Crippen LogP contribution >= 0.6 is 11.6 Å². The van der Waals surface area contributed by atoms with Crippen LogP contribution in [0, 0.1) is 13.8 Å². The molecular formula is C31H38ClN3O4S.